The molecule has 0 aromatic heterocycles. The Bertz CT molecular complexity index is 552. The SMILES string of the molecule is NC1COCCN1S(=O)(=O)c1ccc(Cl)c(Br)c1. The second kappa shape index (κ2) is 5.44. The van der Waals surface area contributed by atoms with Crippen LogP contribution >= 0.6 is 27.5 Å². The molecule has 1 atom stereocenters. The summed E-state index contributed by atoms with van der Waals surface area (Å²) in [5.74, 6) is 0. The maximum atomic E-state index is 12.4. The van der Waals surface area contributed by atoms with Crippen LogP contribution in [0.2, 0.25) is 5.02 Å². The van der Waals surface area contributed by atoms with Gasteiger partial charge < -0.3 is 10.5 Å². The lowest BCUT2D eigenvalue weighted by molar-refractivity contribution is 0.0350. The Kier molecular flexibility index (Phi) is 4.30. The van der Waals surface area contributed by atoms with Crippen molar-refractivity contribution in [2.75, 3.05) is 19.8 Å². The lowest BCUT2D eigenvalue weighted by Gasteiger charge is -2.31. The third-order valence-electron chi connectivity index (χ3n) is 2.61. The first-order valence-electron chi connectivity index (χ1n) is 5.23. The minimum absolute atomic E-state index is 0.163. The summed E-state index contributed by atoms with van der Waals surface area (Å²) < 4.78 is 31.7. The van der Waals surface area contributed by atoms with E-state index in [1.54, 1.807) is 0 Å². The summed E-state index contributed by atoms with van der Waals surface area (Å²) in [4.78, 5) is 0.163. The highest BCUT2D eigenvalue weighted by Gasteiger charge is 2.32. The van der Waals surface area contributed by atoms with E-state index < -0.39 is 16.2 Å². The predicted octanol–water partition coefficient (Wildman–Crippen LogP) is 1.41. The minimum atomic E-state index is -3.61. The molecule has 100 valence electrons. The van der Waals surface area contributed by atoms with Crippen LogP contribution in [0, 0.1) is 0 Å². The molecule has 0 amide bonds. The molecule has 1 saturated heterocycles. The predicted molar refractivity (Wildman–Crippen MR) is 71.8 cm³/mol. The standard InChI is InChI=1S/C10H12BrClN2O3S/c11-8-5-7(1-2-9(8)12)18(15,16)14-3-4-17-6-10(14)13/h1-2,5,10H,3-4,6,13H2. The average Bonchev–Trinajstić information content (AvgIpc) is 2.33. The van der Waals surface area contributed by atoms with Crippen molar-refractivity contribution in [2.24, 2.45) is 5.73 Å². The highest BCUT2D eigenvalue weighted by Crippen LogP contribution is 2.27. The number of morpholine rings is 1. The number of sulfonamides is 1. The molecule has 0 radical (unpaired) electrons. The molecular weight excluding hydrogens is 344 g/mol. The van der Waals surface area contributed by atoms with Crippen LogP contribution < -0.4 is 5.73 Å². The normalized spacial score (nSPS) is 22.1. The van der Waals surface area contributed by atoms with Gasteiger partial charge in [-0.15, -0.1) is 0 Å². The second-order valence-electron chi connectivity index (χ2n) is 3.83. The highest BCUT2D eigenvalue weighted by atomic mass is 79.9. The Labute approximate surface area is 119 Å². The number of hydrogen-bond donors (Lipinski definition) is 1. The number of benzene rings is 1. The molecule has 1 aliphatic heterocycles. The zero-order chi connectivity index (χ0) is 13.3. The molecule has 1 heterocycles. The zero-order valence-electron chi connectivity index (χ0n) is 9.34. The number of halogens is 2. The van der Waals surface area contributed by atoms with Crippen LogP contribution in [0.5, 0.6) is 0 Å². The van der Waals surface area contributed by atoms with Gasteiger partial charge in [0.05, 0.1) is 29.3 Å². The van der Waals surface area contributed by atoms with Crippen molar-refractivity contribution >= 4 is 37.6 Å². The van der Waals surface area contributed by atoms with Crippen LogP contribution in [-0.4, -0.2) is 38.6 Å². The lowest BCUT2D eigenvalue weighted by Crippen LogP contribution is -2.53. The van der Waals surface area contributed by atoms with Crippen molar-refractivity contribution in [3.05, 3.63) is 27.7 Å². The van der Waals surface area contributed by atoms with Gasteiger partial charge in [-0.05, 0) is 34.1 Å². The molecule has 18 heavy (non-hydrogen) atoms. The van der Waals surface area contributed by atoms with Gasteiger partial charge in [-0.2, -0.15) is 4.31 Å². The van der Waals surface area contributed by atoms with Crippen LogP contribution in [-0.2, 0) is 14.8 Å². The van der Waals surface area contributed by atoms with Crippen LogP contribution in [0.25, 0.3) is 0 Å². The highest BCUT2D eigenvalue weighted by molar-refractivity contribution is 9.10. The summed E-state index contributed by atoms with van der Waals surface area (Å²) in [6, 6.07) is 4.47. The summed E-state index contributed by atoms with van der Waals surface area (Å²) in [6.45, 7) is 0.805. The Morgan fingerprint density at radius 1 is 1.50 bits per heavy atom. The number of nitrogens with two attached hydrogens (primary N) is 1. The van der Waals surface area contributed by atoms with E-state index in [-0.39, 0.29) is 18.0 Å². The van der Waals surface area contributed by atoms with Gasteiger partial charge in [-0.3, -0.25) is 0 Å². The summed E-state index contributed by atoms with van der Waals surface area (Å²) in [5, 5.41) is 0.459. The van der Waals surface area contributed by atoms with Gasteiger partial charge >= 0.3 is 0 Å². The molecule has 2 rings (SSSR count). The first kappa shape index (κ1) is 14.2. The number of ether oxygens (including phenoxy) is 1. The Hall–Kier alpha value is -0.180. The molecule has 0 bridgehead atoms. The summed E-state index contributed by atoms with van der Waals surface area (Å²) >= 11 is 9.05. The van der Waals surface area contributed by atoms with Crippen molar-refractivity contribution in [1.82, 2.24) is 4.31 Å². The fourth-order valence-electron chi connectivity index (χ4n) is 1.68. The van der Waals surface area contributed by atoms with Gasteiger partial charge in [0.2, 0.25) is 10.0 Å². The largest absolute Gasteiger partial charge is 0.377 e. The fraction of sp³-hybridized carbons (Fsp3) is 0.400. The molecule has 1 aromatic rings. The molecule has 0 aliphatic carbocycles. The zero-order valence-corrected chi connectivity index (χ0v) is 12.5. The molecule has 0 saturated carbocycles. The average molecular weight is 356 g/mol. The Morgan fingerprint density at radius 2 is 2.22 bits per heavy atom. The van der Waals surface area contributed by atoms with Gasteiger partial charge in [-0.1, -0.05) is 11.6 Å². The molecular formula is C10H12BrClN2O3S. The quantitative estimate of drug-likeness (QED) is 0.870. The van der Waals surface area contributed by atoms with Crippen LogP contribution in [0.4, 0.5) is 0 Å². The third-order valence-corrected chi connectivity index (χ3v) is 5.75. The van der Waals surface area contributed by atoms with Gasteiger partial charge in [0.25, 0.3) is 0 Å². The van der Waals surface area contributed by atoms with E-state index in [0.717, 1.165) is 0 Å². The lowest BCUT2D eigenvalue weighted by atomic mass is 10.4. The van der Waals surface area contributed by atoms with Crippen molar-refractivity contribution in [2.45, 2.75) is 11.1 Å². The van der Waals surface area contributed by atoms with Gasteiger partial charge in [0.15, 0.2) is 0 Å². The summed E-state index contributed by atoms with van der Waals surface area (Å²) in [6.07, 6.45) is -0.654. The summed E-state index contributed by atoms with van der Waals surface area (Å²) in [5.41, 5.74) is 5.75. The minimum Gasteiger partial charge on any atom is -0.377 e. The topological polar surface area (TPSA) is 72.6 Å². The molecule has 1 aliphatic rings. The molecule has 1 aromatic carbocycles. The molecule has 5 nitrogen and oxygen atoms in total. The van der Waals surface area contributed by atoms with E-state index >= 15 is 0 Å². The van der Waals surface area contributed by atoms with Crippen molar-refractivity contribution in [3.63, 3.8) is 0 Å². The number of hydrogen-bond acceptors (Lipinski definition) is 4. The van der Waals surface area contributed by atoms with Gasteiger partial charge in [0, 0.05) is 11.0 Å². The first-order valence-corrected chi connectivity index (χ1v) is 7.84. The molecule has 8 heteroatoms. The number of rotatable bonds is 2. The monoisotopic (exact) mass is 354 g/mol. The number of nitrogens with zero attached hydrogens (tertiary/aromatic N) is 1. The summed E-state index contributed by atoms with van der Waals surface area (Å²) in [7, 11) is -3.61. The van der Waals surface area contributed by atoms with E-state index in [0.29, 0.717) is 16.1 Å². The molecule has 2 N–H and O–H groups in total. The van der Waals surface area contributed by atoms with E-state index in [1.807, 2.05) is 0 Å². The third kappa shape index (κ3) is 2.71. The van der Waals surface area contributed by atoms with Crippen LogP contribution in [0.1, 0.15) is 0 Å². The van der Waals surface area contributed by atoms with E-state index in [9.17, 15) is 8.42 Å². The fourth-order valence-corrected chi connectivity index (χ4v) is 3.84. The van der Waals surface area contributed by atoms with Gasteiger partial charge in [-0.25, -0.2) is 8.42 Å². The van der Waals surface area contributed by atoms with Crippen LogP contribution in [0.3, 0.4) is 0 Å². The van der Waals surface area contributed by atoms with Crippen molar-refractivity contribution in [1.29, 1.82) is 0 Å². The first-order chi connectivity index (χ1) is 8.43. The van der Waals surface area contributed by atoms with Crippen LogP contribution in [0.15, 0.2) is 27.6 Å². The maximum Gasteiger partial charge on any atom is 0.244 e. The molecule has 0 spiro atoms. The maximum absolute atomic E-state index is 12.4. The molecule has 1 fully saturated rings. The van der Waals surface area contributed by atoms with E-state index in [4.69, 9.17) is 22.1 Å². The van der Waals surface area contributed by atoms with Crippen molar-refractivity contribution < 1.29 is 13.2 Å². The second-order valence-corrected chi connectivity index (χ2v) is 6.99. The molecule has 1 unspecified atom stereocenters. The van der Waals surface area contributed by atoms with E-state index in [2.05, 4.69) is 15.9 Å². The van der Waals surface area contributed by atoms with Crippen molar-refractivity contribution in [3.8, 4) is 0 Å². The van der Waals surface area contributed by atoms with E-state index in [1.165, 1.54) is 22.5 Å². The van der Waals surface area contributed by atoms with Gasteiger partial charge in [0.1, 0.15) is 0 Å². The Morgan fingerprint density at radius 3 is 2.83 bits per heavy atom. The smallest absolute Gasteiger partial charge is 0.244 e. The Balaban J connectivity index is 2.37.